The maximum absolute atomic E-state index is 12.3. The lowest BCUT2D eigenvalue weighted by Crippen LogP contribution is -2.37. The predicted molar refractivity (Wildman–Crippen MR) is 105 cm³/mol. The molecule has 0 aliphatic carbocycles. The lowest BCUT2D eigenvalue weighted by Gasteiger charge is -2.26. The second-order valence-electron chi connectivity index (χ2n) is 6.28. The summed E-state index contributed by atoms with van der Waals surface area (Å²) in [5.41, 5.74) is 1.18. The molecule has 1 atom stereocenters. The number of carbonyl (C=O) groups excluding carboxylic acids is 1. The van der Waals surface area contributed by atoms with Crippen LogP contribution in [0.25, 0.3) is 0 Å². The molecule has 2 aromatic rings. The highest BCUT2D eigenvalue weighted by Crippen LogP contribution is 2.26. The second kappa shape index (κ2) is 8.92. The molecule has 1 saturated heterocycles. The maximum Gasteiger partial charge on any atom is 0.230 e. The molecular weight excluding hydrogens is 400 g/mol. The smallest absolute Gasteiger partial charge is 0.230 e. The minimum Gasteiger partial charge on any atom is -0.468 e. The number of benzene rings is 1. The predicted octanol–water partition coefficient (Wildman–Crippen LogP) is 4.40. The highest BCUT2D eigenvalue weighted by atomic mass is 79.9. The third-order valence-electron chi connectivity index (χ3n) is 4.44. The van der Waals surface area contributed by atoms with E-state index in [0.29, 0.717) is 12.3 Å². The summed E-state index contributed by atoms with van der Waals surface area (Å²) in [7, 11) is 0. The Morgan fingerprint density at radius 1 is 1.36 bits per heavy atom. The van der Waals surface area contributed by atoms with Gasteiger partial charge in [-0.1, -0.05) is 15.9 Å². The number of hydrogen-bond acceptors (Lipinski definition) is 4. The number of carbonyl (C=O) groups is 1. The van der Waals surface area contributed by atoms with Crippen LogP contribution in [0.3, 0.4) is 0 Å². The van der Waals surface area contributed by atoms with Crippen molar-refractivity contribution in [2.75, 3.05) is 25.4 Å². The quantitative estimate of drug-likeness (QED) is 0.671. The SMILES string of the molecule is Cc1cc(Br)ccc1SCC(=O)NCC(c1ccco1)N1CCCC1. The zero-order valence-electron chi connectivity index (χ0n) is 14.3. The third kappa shape index (κ3) is 5.12. The van der Waals surface area contributed by atoms with Gasteiger partial charge in [0, 0.05) is 15.9 Å². The first-order chi connectivity index (χ1) is 12.1. The molecule has 2 heterocycles. The Labute approximate surface area is 161 Å². The number of furan rings is 1. The Kier molecular flexibility index (Phi) is 6.62. The number of rotatable bonds is 7. The van der Waals surface area contributed by atoms with Gasteiger partial charge in [-0.05, 0) is 68.8 Å². The van der Waals surface area contributed by atoms with Crippen LogP contribution >= 0.6 is 27.7 Å². The van der Waals surface area contributed by atoms with Crippen molar-refractivity contribution in [3.8, 4) is 0 Å². The summed E-state index contributed by atoms with van der Waals surface area (Å²) in [6.45, 7) is 4.78. The Bertz CT molecular complexity index is 699. The Hall–Kier alpha value is -1.24. The van der Waals surface area contributed by atoms with E-state index < -0.39 is 0 Å². The molecule has 3 rings (SSSR count). The summed E-state index contributed by atoms with van der Waals surface area (Å²) in [5, 5.41) is 3.08. The van der Waals surface area contributed by atoms with Gasteiger partial charge in [0.1, 0.15) is 5.76 Å². The molecule has 25 heavy (non-hydrogen) atoms. The second-order valence-corrected chi connectivity index (χ2v) is 8.21. The summed E-state index contributed by atoms with van der Waals surface area (Å²) < 4.78 is 6.65. The van der Waals surface area contributed by atoms with Crippen LogP contribution in [0.5, 0.6) is 0 Å². The van der Waals surface area contributed by atoms with Gasteiger partial charge in [-0.15, -0.1) is 11.8 Å². The number of thioether (sulfide) groups is 1. The minimum absolute atomic E-state index is 0.0584. The van der Waals surface area contributed by atoms with Crippen molar-refractivity contribution in [1.82, 2.24) is 10.2 Å². The van der Waals surface area contributed by atoms with Gasteiger partial charge in [0.05, 0.1) is 18.1 Å². The molecule has 0 saturated carbocycles. The van der Waals surface area contributed by atoms with Crippen LogP contribution < -0.4 is 5.32 Å². The summed E-state index contributed by atoms with van der Waals surface area (Å²) >= 11 is 5.04. The molecule has 1 aliphatic heterocycles. The van der Waals surface area contributed by atoms with Crippen LogP contribution in [-0.2, 0) is 4.79 Å². The monoisotopic (exact) mass is 422 g/mol. The van der Waals surface area contributed by atoms with E-state index >= 15 is 0 Å². The van der Waals surface area contributed by atoms with Crippen LogP contribution in [0.2, 0.25) is 0 Å². The number of amides is 1. The molecule has 1 aromatic carbocycles. The van der Waals surface area contributed by atoms with Gasteiger partial charge in [0.15, 0.2) is 0 Å². The van der Waals surface area contributed by atoms with Gasteiger partial charge < -0.3 is 9.73 Å². The number of halogens is 1. The van der Waals surface area contributed by atoms with Crippen molar-refractivity contribution in [3.05, 3.63) is 52.4 Å². The number of aryl methyl sites for hydroxylation is 1. The van der Waals surface area contributed by atoms with Crippen molar-refractivity contribution in [3.63, 3.8) is 0 Å². The summed E-state index contributed by atoms with van der Waals surface area (Å²) in [6.07, 6.45) is 4.13. The highest BCUT2D eigenvalue weighted by molar-refractivity contribution is 9.10. The first-order valence-corrected chi connectivity index (χ1v) is 10.3. The van der Waals surface area contributed by atoms with E-state index in [4.69, 9.17) is 4.42 Å². The molecule has 1 aromatic heterocycles. The fraction of sp³-hybridized carbons (Fsp3) is 0.421. The van der Waals surface area contributed by atoms with Crippen LogP contribution in [0.4, 0.5) is 0 Å². The minimum atomic E-state index is 0.0584. The molecule has 134 valence electrons. The lowest BCUT2D eigenvalue weighted by molar-refractivity contribution is -0.118. The van der Waals surface area contributed by atoms with Gasteiger partial charge in [0.2, 0.25) is 5.91 Å². The Morgan fingerprint density at radius 2 is 2.16 bits per heavy atom. The average Bonchev–Trinajstić information content (AvgIpc) is 3.28. The molecule has 1 fully saturated rings. The van der Waals surface area contributed by atoms with Gasteiger partial charge >= 0.3 is 0 Å². The molecule has 1 aliphatic rings. The van der Waals surface area contributed by atoms with Crippen LogP contribution in [0.1, 0.15) is 30.2 Å². The van der Waals surface area contributed by atoms with E-state index in [1.165, 1.54) is 18.4 Å². The molecule has 1 amide bonds. The fourth-order valence-electron chi connectivity index (χ4n) is 3.12. The topological polar surface area (TPSA) is 45.5 Å². The number of hydrogen-bond donors (Lipinski definition) is 1. The molecule has 0 radical (unpaired) electrons. The first-order valence-electron chi connectivity index (χ1n) is 8.56. The molecule has 0 bridgehead atoms. The highest BCUT2D eigenvalue weighted by Gasteiger charge is 2.25. The average molecular weight is 423 g/mol. The van der Waals surface area contributed by atoms with Crippen molar-refractivity contribution < 1.29 is 9.21 Å². The van der Waals surface area contributed by atoms with E-state index in [1.807, 2.05) is 24.3 Å². The van der Waals surface area contributed by atoms with E-state index in [-0.39, 0.29) is 11.9 Å². The number of nitrogens with zero attached hydrogens (tertiary/aromatic N) is 1. The number of likely N-dealkylation sites (tertiary alicyclic amines) is 1. The molecule has 1 unspecified atom stereocenters. The third-order valence-corrected chi connectivity index (χ3v) is 6.11. The summed E-state index contributed by atoms with van der Waals surface area (Å²) in [5.74, 6) is 1.41. The molecule has 6 heteroatoms. The van der Waals surface area contributed by atoms with Gasteiger partial charge in [0.25, 0.3) is 0 Å². The van der Waals surface area contributed by atoms with E-state index in [1.54, 1.807) is 18.0 Å². The van der Waals surface area contributed by atoms with Crippen molar-refractivity contribution >= 4 is 33.6 Å². The largest absolute Gasteiger partial charge is 0.468 e. The Balaban J connectivity index is 1.53. The van der Waals surface area contributed by atoms with Gasteiger partial charge in [-0.2, -0.15) is 0 Å². The van der Waals surface area contributed by atoms with E-state index in [9.17, 15) is 4.79 Å². The standard InChI is InChI=1S/C19H23BrN2O2S/c1-14-11-15(20)6-7-18(14)25-13-19(23)21-12-16(17-5-4-10-24-17)22-8-2-3-9-22/h4-7,10-11,16H,2-3,8-9,12-13H2,1H3,(H,21,23). The van der Waals surface area contributed by atoms with Gasteiger partial charge in [-0.3, -0.25) is 9.69 Å². The summed E-state index contributed by atoms with van der Waals surface area (Å²) in [6, 6.07) is 10.2. The Morgan fingerprint density at radius 3 is 2.84 bits per heavy atom. The lowest BCUT2D eigenvalue weighted by atomic mass is 10.2. The van der Waals surface area contributed by atoms with Crippen molar-refractivity contribution in [2.24, 2.45) is 0 Å². The molecule has 0 spiro atoms. The van der Waals surface area contributed by atoms with Gasteiger partial charge in [-0.25, -0.2) is 0 Å². The van der Waals surface area contributed by atoms with E-state index in [0.717, 1.165) is 28.2 Å². The summed E-state index contributed by atoms with van der Waals surface area (Å²) in [4.78, 5) is 15.8. The van der Waals surface area contributed by atoms with Crippen LogP contribution in [0.15, 0.2) is 50.4 Å². The zero-order valence-corrected chi connectivity index (χ0v) is 16.7. The van der Waals surface area contributed by atoms with E-state index in [2.05, 4.69) is 39.1 Å². The maximum atomic E-state index is 12.3. The molecule has 1 N–H and O–H groups in total. The zero-order chi connectivity index (χ0) is 17.6. The van der Waals surface area contributed by atoms with Crippen LogP contribution in [0, 0.1) is 6.92 Å². The molecule has 4 nitrogen and oxygen atoms in total. The molecular formula is C19H23BrN2O2S. The number of nitrogens with one attached hydrogen (secondary N) is 1. The van der Waals surface area contributed by atoms with Crippen molar-refractivity contribution in [2.45, 2.75) is 30.7 Å². The van der Waals surface area contributed by atoms with Crippen LogP contribution in [-0.4, -0.2) is 36.2 Å². The fourth-order valence-corrected chi connectivity index (χ4v) is 4.44. The first kappa shape index (κ1) is 18.5. The normalized spacial score (nSPS) is 16.1. The van der Waals surface area contributed by atoms with Crippen molar-refractivity contribution in [1.29, 1.82) is 0 Å².